The summed E-state index contributed by atoms with van der Waals surface area (Å²) in [5.74, 6) is 0. The minimum atomic E-state index is -0.135. The van der Waals surface area contributed by atoms with E-state index in [1.807, 2.05) is 53.9 Å². The predicted octanol–water partition coefficient (Wildman–Crippen LogP) is 5.71. The molecule has 25 heavy (non-hydrogen) atoms. The van der Waals surface area contributed by atoms with E-state index in [4.69, 9.17) is 0 Å². The van der Waals surface area contributed by atoms with E-state index in [0.29, 0.717) is 5.56 Å². The van der Waals surface area contributed by atoms with Gasteiger partial charge in [-0.2, -0.15) is 0 Å². The smallest absolute Gasteiger partial charge is 0.257 e. The molecule has 0 saturated heterocycles. The highest BCUT2D eigenvalue weighted by Crippen LogP contribution is 2.24. The molecule has 3 heterocycles. The van der Waals surface area contributed by atoms with Crippen LogP contribution < -0.4 is 5.56 Å². The first-order valence-corrected chi connectivity index (χ1v) is 9.16. The number of aromatic nitrogens is 2. The number of pyridine rings is 1. The molecule has 1 N–H and O–H groups in total. The molecule has 0 atom stereocenters. The monoisotopic (exact) mass is 412 g/mol. The fourth-order valence-corrected chi connectivity index (χ4v) is 3.01. The van der Waals surface area contributed by atoms with Gasteiger partial charge >= 0.3 is 0 Å². The molecule has 0 radical (unpaired) electrons. The van der Waals surface area contributed by atoms with E-state index >= 15 is 0 Å². The Labute approximate surface area is 159 Å². The molecule has 0 aliphatic rings. The molecule has 0 aliphatic heterocycles. The van der Waals surface area contributed by atoms with Gasteiger partial charge in [-0.25, -0.2) is 0 Å². The van der Waals surface area contributed by atoms with E-state index in [9.17, 15) is 4.79 Å². The van der Waals surface area contributed by atoms with Crippen LogP contribution in [0.4, 0.5) is 0 Å². The maximum atomic E-state index is 12.3. The van der Waals surface area contributed by atoms with Crippen LogP contribution in [-0.4, -0.2) is 9.97 Å². The van der Waals surface area contributed by atoms with Gasteiger partial charge in [-0.3, -0.25) is 9.78 Å². The first kappa shape index (κ1) is 18.8. The quantitative estimate of drug-likeness (QED) is 0.585. The highest BCUT2D eigenvalue weighted by molar-refractivity contribution is 9.10. The van der Waals surface area contributed by atoms with Crippen molar-refractivity contribution in [1.82, 2.24) is 9.97 Å². The summed E-state index contributed by atoms with van der Waals surface area (Å²) < 4.78 is 0.921. The average molecular weight is 413 g/mol. The summed E-state index contributed by atoms with van der Waals surface area (Å²) in [4.78, 5) is 19.7. The van der Waals surface area contributed by atoms with Gasteiger partial charge in [-0.15, -0.1) is 11.3 Å². The van der Waals surface area contributed by atoms with Crippen molar-refractivity contribution in [2.75, 3.05) is 0 Å². The fourth-order valence-electron chi connectivity index (χ4n) is 1.93. The number of hydrogen-bond acceptors (Lipinski definition) is 3. The Morgan fingerprint density at radius 3 is 2.40 bits per heavy atom. The lowest BCUT2D eigenvalue weighted by atomic mass is 10.1. The van der Waals surface area contributed by atoms with Crippen molar-refractivity contribution >= 4 is 33.3 Å². The van der Waals surface area contributed by atoms with Crippen LogP contribution in [0, 0.1) is 0 Å². The second-order valence-corrected chi connectivity index (χ2v) is 6.62. The third kappa shape index (κ3) is 6.14. The zero-order valence-corrected chi connectivity index (χ0v) is 15.8. The lowest BCUT2D eigenvalue weighted by Gasteiger charge is -1.99. The van der Waals surface area contributed by atoms with Gasteiger partial charge < -0.3 is 4.98 Å². The van der Waals surface area contributed by atoms with Crippen molar-refractivity contribution in [3.05, 3.63) is 106 Å². The molecule has 0 aliphatic carbocycles. The Kier molecular flexibility index (Phi) is 7.82. The van der Waals surface area contributed by atoms with E-state index < -0.39 is 0 Å². The van der Waals surface area contributed by atoms with Crippen LogP contribution in [0.3, 0.4) is 0 Å². The Bertz CT molecular complexity index is 878. The van der Waals surface area contributed by atoms with E-state index in [1.165, 1.54) is 11.3 Å². The minimum absolute atomic E-state index is 0.135. The van der Waals surface area contributed by atoms with Crippen molar-refractivity contribution < 1.29 is 0 Å². The van der Waals surface area contributed by atoms with Gasteiger partial charge in [-0.1, -0.05) is 46.8 Å². The minimum Gasteiger partial charge on any atom is -0.329 e. The molecule has 0 aromatic carbocycles. The summed E-state index contributed by atoms with van der Waals surface area (Å²) in [6.45, 7) is 3.79. The van der Waals surface area contributed by atoms with Crippen molar-refractivity contribution in [3.8, 4) is 10.4 Å². The summed E-state index contributed by atoms with van der Waals surface area (Å²) in [5, 5.41) is 1.95. The first-order valence-electron chi connectivity index (χ1n) is 7.49. The second-order valence-electron chi connectivity index (χ2n) is 4.75. The molecule has 0 spiro atoms. The number of rotatable bonds is 2. The molecule has 0 bridgehead atoms. The number of aromatic amines is 1. The van der Waals surface area contributed by atoms with Gasteiger partial charge in [0.15, 0.2) is 0 Å². The SMILES string of the molecule is C=Cc1ccc(Br)ccc[nH]c(=O)c1-c1cccs1.c1ccncc1. The largest absolute Gasteiger partial charge is 0.329 e. The van der Waals surface area contributed by atoms with Crippen LogP contribution >= 0.6 is 27.3 Å². The van der Waals surface area contributed by atoms with Crippen molar-refractivity contribution in [3.63, 3.8) is 0 Å². The Hall–Kier alpha value is -2.50. The van der Waals surface area contributed by atoms with Gasteiger partial charge in [-0.05, 0) is 47.3 Å². The van der Waals surface area contributed by atoms with Gasteiger partial charge in [0.2, 0.25) is 0 Å². The van der Waals surface area contributed by atoms with Crippen LogP contribution in [-0.2, 0) is 0 Å². The molecular weight excluding hydrogens is 396 g/mol. The first-order chi connectivity index (χ1) is 12.2. The summed E-state index contributed by atoms with van der Waals surface area (Å²) in [6, 6.07) is 17.0. The average Bonchev–Trinajstić information content (AvgIpc) is 3.17. The zero-order valence-electron chi connectivity index (χ0n) is 13.4. The number of nitrogens with zero attached hydrogens (tertiary/aromatic N) is 1. The van der Waals surface area contributed by atoms with E-state index in [2.05, 4.69) is 32.5 Å². The molecule has 3 rings (SSSR count). The molecule has 126 valence electrons. The fraction of sp³-hybridized carbons (Fsp3) is 0. The Morgan fingerprint density at radius 1 is 1.04 bits per heavy atom. The molecular formula is C20H17BrN2OS. The number of H-pyrrole nitrogens is 1. The standard InChI is InChI=1S/C15H12BrNOS.C5H5N/c1-2-11-7-8-12(16)5-3-9-17-15(18)14(11)13-6-4-10-19-13;1-2-4-6-5-3-1/h2-10H,1H2,(H,17,18);1-5H. The lowest BCUT2D eigenvalue weighted by molar-refractivity contribution is 1.26. The van der Waals surface area contributed by atoms with Crippen LogP contribution in [0.15, 0.2) is 94.4 Å². The summed E-state index contributed by atoms with van der Waals surface area (Å²) >= 11 is 4.96. The summed E-state index contributed by atoms with van der Waals surface area (Å²) in [7, 11) is 0. The lowest BCUT2D eigenvalue weighted by Crippen LogP contribution is -2.06. The molecule has 0 fully saturated rings. The predicted molar refractivity (Wildman–Crippen MR) is 110 cm³/mol. The van der Waals surface area contributed by atoms with Gasteiger partial charge in [0, 0.05) is 27.9 Å². The zero-order chi connectivity index (χ0) is 17.9. The van der Waals surface area contributed by atoms with Crippen LogP contribution in [0.25, 0.3) is 16.5 Å². The maximum absolute atomic E-state index is 12.3. The Balaban J connectivity index is 0.000000316. The number of hydrogen-bond donors (Lipinski definition) is 1. The van der Waals surface area contributed by atoms with Gasteiger partial charge in [0.25, 0.3) is 5.56 Å². The van der Waals surface area contributed by atoms with Crippen LogP contribution in [0.5, 0.6) is 0 Å². The summed E-state index contributed by atoms with van der Waals surface area (Å²) in [5.41, 5.74) is 1.29. The molecule has 3 aromatic heterocycles. The van der Waals surface area contributed by atoms with Crippen LogP contribution in [0.1, 0.15) is 5.56 Å². The van der Waals surface area contributed by atoms with Crippen LogP contribution in [0.2, 0.25) is 0 Å². The van der Waals surface area contributed by atoms with Gasteiger partial charge in [0.1, 0.15) is 0 Å². The van der Waals surface area contributed by atoms with E-state index in [0.717, 1.165) is 14.9 Å². The third-order valence-electron chi connectivity index (χ3n) is 3.06. The number of nitrogens with one attached hydrogen (secondary N) is 1. The van der Waals surface area contributed by atoms with E-state index in [-0.39, 0.29) is 5.56 Å². The molecule has 3 aromatic rings. The topological polar surface area (TPSA) is 45.8 Å². The van der Waals surface area contributed by atoms with Gasteiger partial charge in [0.05, 0.1) is 5.56 Å². The second kappa shape index (κ2) is 10.4. The van der Waals surface area contributed by atoms with Crippen molar-refractivity contribution in [2.45, 2.75) is 0 Å². The molecule has 5 heteroatoms. The third-order valence-corrected chi connectivity index (χ3v) is 4.47. The number of thiophene rings is 1. The normalized spacial score (nSPS) is 9.32. The highest BCUT2D eigenvalue weighted by Gasteiger charge is 2.06. The molecule has 0 saturated carbocycles. The number of halogens is 1. The van der Waals surface area contributed by atoms with Crippen molar-refractivity contribution in [1.29, 1.82) is 0 Å². The summed E-state index contributed by atoms with van der Waals surface area (Å²) in [6.07, 6.45) is 6.81. The van der Waals surface area contributed by atoms with E-state index in [1.54, 1.807) is 30.7 Å². The molecule has 3 nitrogen and oxygen atoms in total. The highest BCUT2D eigenvalue weighted by atomic mass is 79.9. The Morgan fingerprint density at radius 2 is 1.84 bits per heavy atom. The molecule has 0 unspecified atom stereocenters. The van der Waals surface area contributed by atoms with Crippen molar-refractivity contribution in [2.24, 2.45) is 0 Å². The maximum Gasteiger partial charge on any atom is 0.257 e. The molecule has 0 amide bonds.